The average Bonchev–Trinajstić information content (AvgIpc) is 2.45. The number of β-amino-alcohol motifs (C(OH)–C–C–N with tert-alkyl or cyclic N) is 1. The maximum Gasteiger partial charge on any atom is 0.251 e. The summed E-state index contributed by atoms with van der Waals surface area (Å²) in [7, 11) is 0. The Hall–Kier alpha value is -1.59. The summed E-state index contributed by atoms with van der Waals surface area (Å²) >= 11 is 5.74. The van der Waals surface area contributed by atoms with Gasteiger partial charge < -0.3 is 15.3 Å². The molecule has 1 saturated heterocycles. The first-order chi connectivity index (χ1) is 9.56. The summed E-state index contributed by atoms with van der Waals surface area (Å²) in [6, 6.07) is 6.46. The molecule has 0 bridgehead atoms. The number of aliphatic hydroxyl groups excluding tert-OH is 1. The molecule has 1 atom stereocenters. The molecule has 1 fully saturated rings. The van der Waals surface area contributed by atoms with Crippen molar-refractivity contribution in [3.63, 3.8) is 0 Å². The van der Waals surface area contributed by atoms with Crippen molar-refractivity contribution >= 4 is 23.4 Å². The van der Waals surface area contributed by atoms with Crippen LogP contribution in [0.4, 0.5) is 0 Å². The number of nitrogens with zero attached hydrogens (tertiary/aromatic N) is 1. The number of hydrogen-bond acceptors (Lipinski definition) is 3. The van der Waals surface area contributed by atoms with Crippen molar-refractivity contribution in [2.24, 2.45) is 0 Å². The van der Waals surface area contributed by atoms with Gasteiger partial charge >= 0.3 is 0 Å². The molecule has 2 N–H and O–H groups in total. The first kappa shape index (κ1) is 14.8. The van der Waals surface area contributed by atoms with Gasteiger partial charge in [-0.25, -0.2) is 0 Å². The lowest BCUT2D eigenvalue weighted by molar-refractivity contribution is -0.133. The van der Waals surface area contributed by atoms with E-state index in [-0.39, 0.29) is 18.4 Å². The molecule has 1 aromatic carbocycles. The molecule has 0 spiro atoms. The molecule has 1 aliphatic heterocycles. The van der Waals surface area contributed by atoms with Crippen LogP contribution in [0.3, 0.4) is 0 Å². The van der Waals surface area contributed by atoms with Crippen molar-refractivity contribution in [1.29, 1.82) is 0 Å². The normalized spacial score (nSPS) is 18.7. The van der Waals surface area contributed by atoms with Gasteiger partial charge in [-0.2, -0.15) is 0 Å². The lowest BCUT2D eigenvalue weighted by atomic mass is 10.1. The third kappa shape index (κ3) is 3.95. The van der Waals surface area contributed by atoms with E-state index in [1.165, 1.54) is 0 Å². The van der Waals surface area contributed by atoms with Gasteiger partial charge in [0.15, 0.2) is 0 Å². The molecule has 0 saturated carbocycles. The van der Waals surface area contributed by atoms with E-state index < -0.39 is 6.10 Å². The fourth-order valence-corrected chi connectivity index (χ4v) is 2.28. The first-order valence-corrected chi connectivity index (χ1v) is 6.93. The minimum Gasteiger partial charge on any atom is -0.391 e. The monoisotopic (exact) mass is 296 g/mol. The average molecular weight is 297 g/mol. The second-order valence-corrected chi connectivity index (χ2v) is 5.26. The molecule has 1 aromatic rings. The summed E-state index contributed by atoms with van der Waals surface area (Å²) in [6.45, 7) is 0.913. The Morgan fingerprint density at radius 2 is 2.05 bits per heavy atom. The highest BCUT2D eigenvalue weighted by atomic mass is 35.5. The summed E-state index contributed by atoms with van der Waals surface area (Å²) in [5.74, 6) is -0.487. The first-order valence-electron chi connectivity index (χ1n) is 6.56. The number of likely N-dealkylation sites (tertiary alicyclic amines) is 1. The highest BCUT2D eigenvalue weighted by Gasteiger charge is 2.22. The van der Waals surface area contributed by atoms with Crippen LogP contribution in [0.2, 0.25) is 5.02 Å². The highest BCUT2D eigenvalue weighted by Crippen LogP contribution is 2.10. The summed E-state index contributed by atoms with van der Waals surface area (Å²) in [5.41, 5.74) is 0.459. The second-order valence-electron chi connectivity index (χ2n) is 4.83. The Kier molecular flexibility index (Phi) is 4.98. The summed E-state index contributed by atoms with van der Waals surface area (Å²) in [5, 5.41) is 12.6. The van der Waals surface area contributed by atoms with Gasteiger partial charge in [0.2, 0.25) is 5.91 Å². The Labute approximate surface area is 122 Å². The number of rotatable bonds is 3. The Bertz CT molecular complexity index is 490. The topological polar surface area (TPSA) is 69.6 Å². The number of piperidine rings is 1. The summed E-state index contributed by atoms with van der Waals surface area (Å²) in [4.78, 5) is 25.3. The van der Waals surface area contributed by atoms with Crippen LogP contribution in [0.15, 0.2) is 24.3 Å². The summed E-state index contributed by atoms with van der Waals surface area (Å²) < 4.78 is 0. The Balaban J connectivity index is 1.83. The van der Waals surface area contributed by atoms with Crippen LogP contribution in [-0.2, 0) is 4.79 Å². The van der Waals surface area contributed by atoms with Gasteiger partial charge in [-0.15, -0.1) is 0 Å². The van der Waals surface area contributed by atoms with Crippen LogP contribution in [0.25, 0.3) is 0 Å². The fraction of sp³-hybridized carbons (Fsp3) is 0.429. The van der Waals surface area contributed by atoms with Crippen LogP contribution in [0.1, 0.15) is 23.2 Å². The van der Waals surface area contributed by atoms with E-state index >= 15 is 0 Å². The van der Waals surface area contributed by atoms with Gasteiger partial charge in [-0.05, 0) is 37.1 Å². The molecule has 20 heavy (non-hydrogen) atoms. The molecule has 2 amide bonds. The van der Waals surface area contributed by atoms with Gasteiger partial charge in [-0.3, -0.25) is 9.59 Å². The Morgan fingerprint density at radius 1 is 1.35 bits per heavy atom. The highest BCUT2D eigenvalue weighted by molar-refractivity contribution is 6.30. The molecule has 5 nitrogen and oxygen atoms in total. The molecule has 2 rings (SSSR count). The maximum atomic E-state index is 11.9. The SMILES string of the molecule is O=C(NCC(=O)N1CCC[C@H](O)C1)c1ccc(Cl)cc1. The number of carbonyl (C=O) groups excluding carboxylic acids is 2. The van der Waals surface area contributed by atoms with Crippen LogP contribution in [0.5, 0.6) is 0 Å². The molecule has 1 aliphatic rings. The van der Waals surface area contributed by atoms with E-state index in [9.17, 15) is 14.7 Å². The number of halogens is 1. The van der Waals surface area contributed by atoms with Gasteiger partial charge in [-0.1, -0.05) is 11.6 Å². The van der Waals surface area contributed by atoms with E-state index in [2.05, 4.69) is 5.32 Å². The molecule has 0 aliphatic carbocycles. The lowest BCUT2D eigenvalue weighted by Gasteiger charge is -2.30. The van der Waals surface area contributed by atoms with Crippen molar-refractivity contribution in [3.05, 3.63) is 34.9 Å². The number of carbonyl (C=O) groups is 2. The van der Waals surface area contributed by atoms with Crippen LogP contribution >= 0.6 is 11.6 Å². The predicted octanol–water partition coefficient (Wildman–Crippen LogP) is 1.05. The zero-order chi connectivity index (χ0) is 14.5. The minimum atomic E-state index is -0.459. The zero-order valence-electron chi connectivity index (χ0n) is 11.0. The minimum absolute atomic E-state index is 0.0613. The van der Waals surface area contributed by atoms with Crippen LogP contribution < -0.4 is 5.32 Å². The number of hydrogen-bond donors (Lipinski definition) is 2. The quantitative estimate of drug-likeness (QED) is 0.876. The Morgan fingerprint density at radius 3 is 2.70 bits per heavy atom. The van der Waals surface area contributed by atoms with Crippen molar-refractivity contribution < 1.29 is 14.7 Å². The van der Waals surface area contributed by atoms with Gasteiger partial charge in [0, 0.05) is 23.7 Å². The molecular weight excluding hydrogens is 280 g/mol. The van der Waals surface area contributed by atoms with Crippen LogP contribution in [-0.4, -0.2) is 47.6 Å². The molecule has 0 radical (unpaired) electrons. The van der Waals surface area contributed by atoms with Crippen LogP contribution in [0, 0.1) is 0 Å². The molecule has 1 heterocycles. The van der Waals surface area contributed by atoms with Gasteiger partial charge in [0.05, 0.1) is 12.6 Å². The standard InChI is InChI=1S/C14H17ClN2O3/c15-11-5-3-10(4-6-11)14(20)16-8-13(19)17-7-1-2-12(18)9-17/h3-6,12,18H,1-2,7-9H2,(H,16,20)/t12-/m0/s1. The molecular formula is C14H17ClN2O3. The van der Waals surface area contributed by atoms with E-state index in [1.807, 2.05) is 0 Å². The number of aliphatic hydroxyl groups is 1. The second kappa shape index (κ2) is 6.72. The fourth-order valence-electron chi connectivity index (χ4n) is 2.15. The number of nitrogens with one attached hydrogen (secondary N) is 1. The third-order valence-corrected chi connectivity index (χ3v) is 3.51. The predicted molar refractivity (Wildman–Crippen MR) is 75.6 cm³/mol. The van der Waals surface area contributed by atoms with E-state index in [4.69, 9.17) is 11.6 Å². The molecule has 108 valence electrons. The third-order valence-electron chi connectivity index (χ3n) is 3.26. The van der Waals surface area contributed by atoms with Crippen molar-refractivity contribution in [3.8, 4) is 0 Å². The molecule has 0 unspecified atom stereocenters. The lowest BCUT2D eigenvalue weighted by Crippen LogP contribution is -2.46. The maximum absolute atomic E-state index is 11.9. The summed E-state index contributed by atoms with van der Waals surface area (Å²) in [6.07, 6.45) is 1.05. The smallest absolute Gasteiger partial charge is 0.251 e. The van der Waals surface area contributed by atoms with Gasteiger partial charge in [0.1, 0.15) is 0 Å². The van der Waals surface area contributed by atoms with Gasteiger partial charge in [0.25, 0.3) is 5.91 Å². The van der Waals surface area contributed by atoms with E-state index in [0.29, 0.717) is 23.7 Å². The van der Waals surface area contributed by atoms with E-state index in [0.717, 1.165) is 12.8 Å². The number of benzene rings is 1. The van der Waals surface area contributed by atoms with Crippen molar-refractivity contribution in [2.45, 2.75) is 18.9 Å². The largest absolute Gasteiger partial charge is 0.391 e. The molecule has 0 aromatic heterocycles. The van der Waals surface area contributed by atoms with E-state index in [1.54, 1.807) is 29.2 Å². The van der Waals surface area contributed by atoms with Crippen molar-refractivity contribution in [2.75, 3.05) is 19.6 Å². The van der Waals surface area contributed by atoms with Crippen molar-refractivity contribution in [1.82, 2.24) is 10.2 Å². The molecule has 6 heteroatoms. The number of amides is 2. The zero-order valence-corrected chi connectivity index (χ0v) is 11.8.